The summed E-state index contributed by atoms with van der Waals surface area (Å²) < 4.78 is 83.4. The molecule has 0 bridgehead atoms. The first-order valence-electron chi connectivity index (χ1n) is 8.70. The lowest BCUT2D eigenvalue weighted by molar-refractivity contribution is -0.145. The molecule has 0 fully saturated rings. The van der Waals surface area contributed by atoms with Gasteiger partial charge in [-0.2, -0.15) is 26.3 Å². The van der Waals surface area contributed by atoms with Crippen LogP contribution in [0.1, 0.15) is 22.3 Å². The molecule has 0 heterocycles. The van der Waals surface area contributed by atoms with Gasteiger partial charge in [0.15, 0.2) is 0 Å². The Labute approximate surface area is 187 Å². The number of alkyl halides is 6. The van der Waals surface area contributed by atoms with Gasteiger partial charge in [-0.3, -0.25) is 4.79 Å². The first-order valence-corrected chi connectivity index (χ1v) is 9.78. The zero-order valence-electron chi connectivity index (χ0n) is 15.9. The van der Waals surface area contributed by atoms with E-state index in [1.165, 1.54) is 0 Å². The van der Waals surface area contributed by atoms with Crippen molar-refractivity contribution in [2.24, 2.45) is 0 Å². The molecule has 0 aliphatic rings. The van der Waals surface area contributed by atoms with E-state index in [1.807, 2.05) is 22.6 Å². The van der Waals surface area contributed by atoms with Crippen LogP contribution in [0.2, 0.25) is 0 Å². The van der Waals surface area contributed by atoms with Gasteiger partial charge in [-0.15, -0.1) is 0 Å². The maximum Gasteiger partial charge on any atom is 0.416 e. The van der Waals surface area contributed by atoms with Crippen LogP contribution in [0.5, 0.6) is 0 Å². The topological polar surface area (TPSA) is 55.4 Å². The molecule has 11 heteroatoms. The second-order valence-electron chi connectivity index (χ2n) is 6.53. The molecule has 0 saturated carbocycles. The molecule has 2 rings (SSSR count). The van der Waals surface area contributed by atoms with E-state index in [-0.39, 0.29) is 12.5 Å². The number of halogens is 7. The predicted molar refractivity (Wildman–Crippen MR) is 107 cm³/mol. The minimum atomic E-state index is -5.02. The fourth-order valence-electron chi connectivity index (χ4n) is 2.77. The second kappa shape index (κ2) is 9.88. The highest BCUT2D eigenvalue weighted by molar-refractivity contribution is 14.1. The first kappa shape index (κ1) is 25.0. The maximum absolute atomic E-state index is 13.0. The Morgan fingerprint density at radius 3 is 2.03 bits per heavy atom. The summed E-state index contributed by atoms with van der Waals surface area (Å²) in [6.07, 6.45) is -10.8. The Morgan fingerprint density at radius 2 is 1.55 bits per heavy atom. The molecular formula is C20H16F6INO3. The highest BCUT2D eigenvalue weighted by Crippen LogP contribution is 2.36. The molecule has 1 amide bonds. The van der Waals surface area contributed by atoms with Crippen LogP contribution < -0.4 is 5.32 Å². The van der Waals surface area contributed by atoms with E-state index in [2.05, 4.69) is 10.1 Å². The van der Waals surface area contributed by atoms with Crippen LogP contribution in [0.4, 0.5) is 26.3 Å². The number of nitrogens with one attached hydrogen (secondary N) is 1. The minimum Gasteiger partial charge on any atom is -0.467 e. The molecule has 0 spiro atoms. The number of carbonyl (C=O) groups excluding carboxylic acids is 2. The van der Waals surface area contributed by atoms with Gasteiger partial charge >= 0.3 is 18.3 Å². The SMILES string of the molecule is COC(=O)[C@@H](Cc1ccccc1I)NC(=O)Cc1cc(C(F)(F)F)cc(C(F)(F)F)c1. The normalized spacial score (nSPS) is 12.9. The molecule has 168 valence electrons. The molecule has 4 nitrogen and oxygen atoms in total. The van der Waals surface area contributed by atoms with Crippen molar-refractivity contribution in [2.75, 3.05) is 7.11 Å². The average molecular weight is 559 g/mol. The Morgan fingerprint density at radius 1 is 1.00 bits per heavy atom. The van der Waals surface area contributed by atoms with Crippen molar-refractivity contribution in [3.05, 3.63) is 68.3 Å². The van der Waals surface area contributed by atoms with E-state index >= 15 is 0 Å². The second-order valence-corrected chi connectivity index (χ2v) is 7.69. The van der Waals surface area contributed by atoms with Crippen LogP contribution in [0.15, 0.2) is 42.5 Å². The van der Waals surface area contributed by atoms with Crippen molar-refractivity contribution < 1.29 is 40.7 Å². The zero-order chi connectivity index (χ0) is 23.4. The van der Waals surface area contributed by atoms with Crippen LogP contribution in [0.25, 0.3) is 0 Å². The summed E-state index contributed by atoms with van der Waals surface area (Å²) in [4.78, 5) is 24.4. The molecule has 0 aliphatic carbocycles. The number of hydrogen-bond donors (Lipinski definition) is 1. The summed E-state index contributed by atoms with van der Waals surface area (Å²) in [5, 5.41) is 2.33. The molecule has 1 N–H and O–H groups in total. The molecule has 31 heavy (non-hydrogen) atoms. The quantitative estimate of drug-likeness (QED) is 0.316. The van der Waals surface area contributed by atoms with E-state index in [0.717, 1.165) is 10.7 Å². The number of hydrogen-bond acceptors (Lipinski definition) is 3. The monoisotopic (exact) mass is 559 g/mol. The number of esters is 1. The Kier molecular flexibility index (Phi) is 7.95. The summed E-state index contributed by atoms with van der Waals surface area (Å²) in [7, 11) is 1.10. The van der Waals surface area contributed by atoms with Crippen molar-refractivity contribution in [1.29, 1.82) is 0 Å². The molecule has 2 aromatic carbocycles. The largest absolute Gasteiger partial charge is 0.467 e. The van der Waals surface area contributed by atoms with Crippen LogP contribution in [-0.4, -0.2) is 25.0 Å². The van der Waals surface area contributed by atoms with Crippen molar-refractivity contribution in [1.82, 2.24) is 5.32 Å². The van der Waals surface area contributed by atoms with Gasteiger partial charge in [0.25, 0.3) is 0 Å². The van der Waals surface area contributed by atoms with Crippen LogP contribution in [0.3, 0.4) is 0 Å². The highest BCUT2D eigenvalue weighted by Gasteiger charge is 2.37. The van der Waals surface area contributed by atoms with E-state index in [0.29, 0.717) is 17.7 Å². The average Bonchev–Trinajstić information content (AvgIpc) is 2.66. The van der Waals surface area contributed by atoms with Gasteiger partial charge in [0.1, 0.15) is 6.04 Å². The third kappa shape index (κ3) is 7.11. The molecule has 0 saturated heterocycles. The van der Waals surface area contributed by atoms with Gasteiger partial charge in [-0.1, -0.05) is 18.2 Å². The molecular weight excluding hydrogens is 543 g/mol. The van der Waals surface area contributed by atoms with Gasteiger partial charge in [0.05, 0.1) is 24.7 Å². The number of carbonyl (C=O) groups is 2. The van der Waals surface area contributed by atoms with E-state index in [9.17, 15) is 35.9 Å². The Hall–Kier alpha value is -2.31. The smallest absolute Gasteiger partial charge is 0.416 e. The number of methoxy groups -OCH3 is 1. The van der Waals surface area contributed by atoms with Gasteiger partial charge in [-0.25, -0.2) is 4.79 Å². The number of benzene rings is 2. The minimum absolute atomic E-state index is 0.0179. The molecule has 0 unspecified atom stereocenters. The van der Waals surface area contributed by atoms with Crippen LogP contribution in [-0.2, 0) is 39.5 Å². The summed E-state index contributed by atoms with van der Waals surface area (Å²) >= 11 is 2.03. The lowest BCUT2D eigenvalue weighted by atomic mass is 10.0. The first-order chi connectivity index (χ1) is 14.3. The maximum atomic E-state index is 13.0. The summed E-state index contributed by atoms with van der Waals surface area (Å²) in [6.45, 7) is 0. The summed E-state index contributed by atoms with van der Waals surface area (Å²) in [5.41, 5.74) is -2.82. The van der Waals surface area contributed by atoms with E-state index < -0.39 is 53.4 Å². The van der Waals surface area contributed by atoms with Gasteiger partial charge in [0.2, 0.25) is 5.91 Å². The third-order valence-electron chi connectivity index (χ3n) is 4.21. The van der Waals surface area contributed by atoms with Crippen molar-refractivity contribution in [2.45, 2.75) is 31.2 Å². The van der Waals surface area contributed by atoms with Gasteiger partial charge < -0.3 is 10.1 Å². The number of rotatable bonds is 6. The molecule has 0 radical (unpaired) electrons. The standard InChI is InChI=1S/C20H16F6INO3/c1-31-18(30)16(9-12-4-2-3-5-15(12)27)28-17(29)8-11-6-13(19(21,22)23)10-14(7-11)20(24,25)26/h2-7,10,16H,8-9H2,1H3,(H,28,29)/t16-/m1/s1. The Bertz CT molecular complexity index is 926. The summed E-state index contributed by atoms with van der Waals surface area (Å²) in [6, 6.07) is 6.74. The van der Waals surface area contributed by atoms with Gasteiger partial charge in [0, 0.05) is 9.99 Å². The van der Waals surface area contributed by atoms with Crippen LogP contribution in [0, 0.1) is 3.57 Å². The highest BCUT2D eigenvalue weighted by atomic mass is 127. The van der Waals surface area contributed by atoms with Crippen molar-refractivity contribution >= 4 is 34.5 Å². The van der Waals surface area contributed by atoms with Crippen molar-refractivity contribution in [3.63, 3.8) is 0 Å². The van der Waals surface area contributed by atoms with Gasteiger partial charge in [-0.05, 0) is 58.0 Å². The zero-order valence-corrected chi connectivity index (χ0v) is 18.1. The van der Waals surface area contributed by atoms with Crippen LogP contribution >= 0.6 is 22.6 Å². The molecule has 2 aromatic rings. The van der Waals surface area contributed by atoms with Crippen molar-refractivity contribution in [3.8, 4) is 0 Å². The Balaban J connectivity index is 2.26. The lowest BCUT2D eigenvalue weighted by Crippen LogP contribution is -2.43. The lowest BCUT2D eigenvalue weighted by Gasteiger charge is -2.18. The fourth-order valence-corrected chi connectivity index (χ4v) is 3.38. The molecule has 0 aromatic heterocycles. The predicted octanol–water partition coefficient (Wildman–Crippen LogP) is 4.77. The molecule has 0 aliphatic heterocycles. The summed E-state index contributed by atoms with van der Waals surface area (Å²) in [5.74, 6) is -1.72. The fraction of sp³-hybridized carbons (Fsp3) is 0.300. The van der Waals surface area contributed by atoms with E-state index in [1.54, 1.807) is 24.3 Å². The third-order valence-corrected chi connectivity index (χ3v) is 5.27. The number of amides is 1. The number of ether oxygens (including phenoxy) is 1. The molecule has 1 atom stereocenters. The van der Waals surface area contributed by atoms with E-state index in [4.69, 9.17) is 0 Å².